The number of hydrogen-bond acceptors (Lipinski definition) is 4. The van der Waals surface area contributed by atoms with Gasteiger partial charge in [-0.3, -0.25) is 9.59 Å². The molecule has 0 fully saturated rings. The number of amides is 2. The van der Waals surface area contributed by atoms with Gasteiger partial charge in [0.1, 0.15) is 5.75 Å². The zero-order chi connectivity index (χ0) is 21.9. The zero-order valence-corrected chi connectivity index (χ0v) is 18.6. The van der Waals surface area contributed by atoms with Crippen molar-refractivity contribution < 1.29 is 14.3 Å². The average Bonchev–Trinajstić information content (AvgIpc) is 2.77. The predicted molar refractivity (Wildman–Crippen MR) is 122 cm³/mol. The maximum atomic E-state index is 13.2. The van der Waals surface area contributed by atoms with Gasteiger partial charge in [-0.15, -0.1) is 0 Å². The Morgan fingerprint density at radius 1 is 1.03 bits per heavy atom. The molecule has 0 radical (unpaired) electrons. The Bertz CT molecular complexity index is 823. The van der Waals surface area contributed by atoms with Crippen LogP contribution < -0.4 is 15.0 Å². The highest BCUT2D eigenvalue weighted by molar-refractivity contribution is 6.31. The van der Waals surface area contributed by atoms with Crippen molar-refractivity contribution in [3.8, 4) is 5.75 Å². The molecule has 0 aromatic heterocycles. The van der Waals surface area contributed by atoms with Crippen molar-refractivity contribution in [3.63, 3.8) is 0 Å². The Morgan fingerprint density at radius 2 is 1.73 bits per heavy atom. The van der Waals surface area contributed by atoms with Gasteiger partial charge in [-0.2, -0.15) is 0 Å². The van der Waals surface area contributed by atoms with Gasteiger partial charge in [0.15, 0.2) is 0 Å². The van der Waals surface area contributed by atoms with Gasteiger partial charge in [-0.1, -0.05) is 31.5 Å². The van der Waals surface area contributed by atoms with Crippen molar-refractivity contribution in [2.45, 2.75) is 20.3 Å². The van der Waals surface area contributed by atoms with Crippen molar-refractivity contribution in [1.82, 2.24) is 10.2 Å². The molecule has 2 aromatic carbocycles. The van der Waals surface area contributed by atoms with Crippen molar-refractivity contribution >= 4 is 29.1 Å². The summed E-state index contributed by atoms with van der Waals surface area (Å²) in [7, 11) is 1.58. The lowest BCUT2D eigenvalue weighted by Gasteiger charge is -2.23. The molecule has 2 amide bonds. The third-order valence-corrected chi connectivity index (χ3v) is 5.14. The highest BCUT2D eigenvalue weighted by Gasteiger charge is 2.19. The molecule has 0 saturated heterocycles. The summed E-state index contributed by atoms with van der Waals surface area (Å²) in [5.41, 5.74) is 1.16. The maximum absolute atomic E-state index is 13.2. The van der Waals surface area contributed by atoms with E-state index in [1.165, 1.54) is 0 Å². The molecule has 0 heterocycles. The molecule has 2 aromatic rings. The van der Waals surface area contributed by atoms with Crippen LogP contribution in [-0.4, -0.2) is 56.5 Å². The van der Waals surface area contributed by atoms with E-state index in [2.05, 4.69) is 24.1 Å². The van der Waals surface area contributed by atoms with Gasteiger partial charge < -0.3 is 19.9 Å². The monoisotopic (exact) mass is 431 g/mol. The number of carbonyl (C=O) groups is 2. The summed E-state index contributed by atoms with van der Waals surface area (Å²) < 4.78 is 5.16. The van der Waals surface area contributed by atoms with Crippen molar-refractivity contribution in [1.29, 1.82) is 0 Å². The van der Waals surface area contributed by atoms with Gasteiger partial charge in [-0.05, 0) is 55.6 Å². The normalized spacial score (nSPS) is 10.7. The van der Waals surface area contributed by atoms with Crippen LogP contribution >= 0.6 is 11.6 Å². The number of nitrogens with one attached hydrogen (secondary N) is 1. The average molecular weight is 432 g/mol. The van der Waals surface area contributed by atoms with Crippen LogP contribution in [-0.2, 0) is 4.79 Å². The fourth-order valence-electron chi connectivity index (χ4n) is 3.08. The summed E-state index contributed by atoms with van der Waals surface area (Å²) in [5.74, 6) is 0.390. The first-order valence-corrected chi connectivity index (χ1v) is 10.6. The molecule has 30 heavy (non-hydrogen) atoms. The second-order valence-electron chi connectivity index (χ2n) is 6.79. The third kappa shape index (κ3) is 7.04. The number of carbonyl (C=O) groups excluding carboxylic acids is 2. The number of anilines is 1. The van der Waals surface area contributed by atoms with Crippen LogP contribution in [0.1, 0.15) is 30.6 Å². The first-order chi connectivity index (χ1) is 14.5. The van der Waals surface area contributed by atoms with Crippen molar-refractivity contribution in [2.75, 3.05) is 44.7 Å². The molecule has 0 aliphatic carbocycles. The molecule has 162 valence electrons. The molecule has 0 atom stereocenters. The van der Waals surface area contributed by atoms with Crippen LogP contribution in [0.4, 0.5) is 5.69 Å². The van der Waals surface area contributed by atoms with E-state index in [0.717, 1.165) is 19.6 Å². The molecule has 0 aliphatic rings. The summed E-state index contributed by atoms with van der Waals surface area (Å²) >= 11 is 6.13. The van der Waals surface area contributed by atoms with Gasteiger partial charge in [0.2, 0.25) is 5.91 Å². The molecule has 0 unspecified atom stereocenters. The van der Waals surface area contributed by atoms with Crippen LogP contribution in [0.5, 0.6) is 5.75 Å². The number of halogens is 1. The minimum absolute atomic E-state index is 0.0864. The summed E-state index contributed by atoms with van der Waals surface area (Å²) in [6.45, 7) is 7.74. The second-order valence-corrected chi connectivity index (χ2v) is 7.23. The topological polar surface area (TPSA) is 61.9 Å². The molecule has 0 spiro atoms. The van der Waals surface area contributed by atoms with E-state index in [1.807, 2.05) is 6.07 Å². The van der Waals surface area contributed by atoms with Crippen LogP contribution in [0.3, 0.4) is 0 Å². The predicted octanol–water partition coefficient (Wildman–Crippen LogP) is 3.84. The highest BCUT2D eigenvalue weighted by atomic mass is 35.5. The number of hydrogen-bond donors (Lipinski definition) is 1. The third-order valence-electron chi connectivity index (χ3n) is 4.91. The van der Waals surface area contributed by atoms with Gasteiger partial charge in [0.05, 0.1) is 7.11 Å². The lowest BCUT2D eigenvalue weighted by Crippen LogP contribution is -2.38. The van der Waals surface area contributed by atoms with E-state index >= 15 is 0 Å². The summed E-state index contributed by atoms with van der Waals surface area (Å²) in [4.78, 5) is 29.3. The molecule has 2 rings (SSSR count). The van der Waals surface area contributed by atoms with Crippen molar-refractivity contribution in [3.05, 3.63) is 59.1 Å². The van der Waals surface area contributed by atoms with E-state index < -0.39 is 0 Å². The molecule has 1 N–H and O–H groups in total. The number of benzene rings is 2. The summed E-state index contributed by atoms with van der Waals surface area (Å²) in [6.07, 6.45) is 0.201. The Kier molecular flexibility index (Phi) is 9.64. The van der Waals surface area contributed by atoms with E-state index in [1.54, 1.807) is 54.5 Å². The van der Waals surface area contributed by atoms with Crippen molar-refractivity contribution in [2.24, 2.45) is 0 Å². The van der Waals surface area contributed by atoms with Crippen LogP contribution in [0.2, 0.25) is 5.02 Å². The zero-order valence-electron chi connectivity index (χ0n) is 17.9. The Morgan fingerprint density at radius 3 is 2.33 bits per heavy atom. The van der Waals surface area contributed by atoms with Gasteiger partial charge in [0.25, 0.3) is 5.91 Å². The Labute approximate surface area is 183 Å². The largest absolute Gasteiger partial charge is 0.497 e. The lowest BCUT2D eigenvalue weighted by atomic mass is 10.1. The van der Waals surface area contributed by atoms with E-state index in [-0.39, 0.29) is 24.8 Å². The smallest absolute Gasteiger partial charge is 0.258 e. The number of ether oxygens (including phenoxy) is 1. The highest BCUT2D eigenvalue weighted by Crippen LogP contribution is 2.22. The number of rotatable bonds is 11. The first kappa shape index (κ1) is 23.7. The SMILES string of the molecule is CCN(CC)CCNC(=O)CCN(C(=O)c1ccc(OC)cc1)c1cccc(Cl)c1. The second kappa shape index (κ2) is 12.2. The molecule has 0 bridgehead atoms. The van der Waals surface area contributed by atoms with Crippen LogP contribution in [0.25, 0.3) is 0 Å². The minimum atomic E-state index is -0.198. The van der Waals surface area contributed by atoms with E-state index in [9.17, 15) is 9.59 Å². The fourth-order valence-corrected chi connectivity index (χ4v) is 3.26. The fraction of sp³-hybridized carbons (Fsp3) is 0.391. The summed E-state index contributed by atoms with van der Waals surface area (Å²) in [5, 5.41) is 3.46. The standard InChI is InChI=1S/C23H30ClN3O3/c1-4-26(5-2)16-14-25-22(28)13-15-27(20-8-6-7-19(24)17-20)23(29)18-9-11-21(30-3)12-10-18/h6-12,17H,4-5,13-16H2,1-3H3,(H,25,28). The molecule has 0 saturated carbocycles. The number of nitrogens with zero attached hydrogens (tertiary/aromatic N) is 2. The molecular formula is C23H30ClN3O3. The van der Waals surface area contributed by atoms with Gasteiger partial charge in [0, 0.05) is 42.3 Å². The van der Waals surface area contributed by atoms with Crippen LogP contribution in [0, 0.1) is 0 Å². The Hall–Kier alpha value is -2.57. The molecule has 0 aliphatic heterocycles. The van der Waals surface area contributed by atoms with Crippen LogP contribution in [0.15, 0.2) is 48.5 Å². The maximum Gasteiger partial charge on any atom is 0.258 e. The first-order valence-electron chi connectivity index (χ1n) is 10.2. The molecule has 6 nitrogen and oxygen atoms in total. The van der Waals surface area contributed by atoms with Gasteiger partial charge in [-0.25, -0.2) is 0 Å². The molecular weight excluding hydrogens is 402 g/mol. The Balaban J connectivity index is 2.06. The van der Waals surface area contributed by atoms with E-state index in [0.29, 0.717) is 28.6 Å². The quantitative estimate of drug-likeness (QED) is 0.587. The minimum Gasteiger partial charge on any atom is -0.497 e. The molecule has 7 heteroatoms. The lowest BCUT2D eigenvalue weighted by molar-refractivity contribution is -0.120. The number of likely N-dealkylation sites (N-methyl/N-ethyl adjacent to an activating group) is 1. The number of methoxy groups -OCH3 is 1. The van der Waals surface area contributed by atoms with Gasteiger partial charge >= 0.3 is 0 Å². The summed E-state index contributed by atoms with van der Waals surface area (Å²) in [6, 6.07) is 14.0. The van der Waals surface area contributed by atoms with E-state index in [4.69, 9.17) is 16.3 Å².